The van der Waals surface area contributed by atoms with Crippen molar-refractivity contribution in [3.8, 4) is 5.75 Å². The molecule has 0 unspecified atom stereocenters. The van der Waals surface area contributed by atoms with E-state index in [1.165, 1.54) is 0 Å². The molecule has 2 aromatic rings. The van der Waals surface area contributed by atoms with Crippen LogP contribution < -0.4 is 10.1 Å². The number of ether oxygens (including phenoxy) is 2. The van der Waals surface area contributed by atoms with E-state index in [1.807, 2.05) is 43.3 Å². The van der Waals surface area contributed by atoms with Gasteiger partial charge in [-0.3, -0.25) is 0 Å². The molecule has 5 heteroatoms. The molecule has 0 saturated heterocycles. The monoisotopic (exact) mass is 339 g/mol. The summed E-state index contributed by atoms with van der Waals surface area (Å²) in [5.41, 5.74) is 1.94. The van der Waals surface area contributed by atoms with E-state index >= 15 is 0 Å². The highest BCUT2D eigenvalue weighted by molar-refractivity contribution is 6.35. The highest BCUT2D eigenvalue weighted by atomic mass is 35.5. The Kier molecular flexibility index (Phi) is 6.84. The summed E-state index contributed by atoms with van der Waals surface area (Å²) in [6.07, 6.45) is 0. The van der Waals surface area contributed by atoms with Crippen molar-refractivity contribution in [2.24, 2.45) is 0 Å². The zero-order valence-electron chi connectivity index (χ0n) is 12.4. The third-order valence-corrected chi connectivity index (χ3v) is 3.44. The van der Waals surface area contributed by atoms with E-state index in [0.717, 1.165) is 17.0 Å². The predicted molar refractivity (Wildman–Crippen MR) is 92.2 cm³/mol. The zero-order chi connectivity index (χ0) is 15.8. The Bertz CT molecular complexity index is 585. The molecule has 22 heavy (non-hydrogen) atoms. The van der Waals surface area contributed by atoms with Crippen molar-refractivity contribution in [3.63, 3.8) is 0 Å². The minimum absolute atomic E-state index is 0.536. The topological polar surface area (TPSA) is 30.5 Å². The highest BCUT2D eigenvalue weighted by Crippen LogP contribution is 2.24. The van der Waals surface area contributed by atoms with Crippen LogP contribution in [0, 0.1) is 0 Å². The van der Waals surface area contributed by atoms with Gasteiger partial charge in [0.25, 0.3) is 0 Å². The summed E-state index contributed by atoms with van der Waals surface area (Å²) in [5, 5.41) is 4.52. The molecule has 118 valence electrons. The van der Waals surface area contributed by atoms with Crippen molar-refractivity contribution in [1.29, 1.82) is 0 Å². The quantitative estimate of drug-likeness (QED) is 0.685. The lowest BCUT2D eigenvalue weighted by molar-refractivity contribution is 0.110. The molecule has 0 atom stereocenters. The van der Waals surface area contributed by atoms with Crippen LogP contribution in [-0.4, -0.2) is 19.8 Å². The Morgan fingerprint density at radius 2 is 1.73 bits per heavy atom. The number of hydrogen-bond donors (Lipinski definition) is 1. The van der Waals surface area contributed by atoms with E-state index in [0.29, 0.717) is 36.4 Å². The second-order valence-electron chi connectivity index (χ2n) is 4.66. The number of hydrogen-bond acceptors (Lipinski definition) is 3. The minimum atomic E-state index is 0.536. The van der Waals surface area contributed by atoms with Crippen molar-refractivity contribution in [2.75, 3.05) is 25.1 Å². The van der Waals surface area contributed by atoms with Crippen LogP contribution in [0.4, 0.5) is 5.69 Å². The van der Waals surface area contributed by atoms with Gasteiger partial charge in [-0.05, 0) is 31.2 Å². The summed E-state index contributed by atoms with van der Waals surface area (Å²) >= 11 is 12.0. The van der Waals surface area contributed by atoms with Crippen LogP contribution >= 0.6 is 23.2 Å². The first-order valence-corrected chi connectivity index (χ1v) is 7.93. The van der Waals surface area contributed by atoms with Gasteiger partial charge in [-0.15, -0.1) is 0 Å². The number of para-hydroxylation sites is 1. The molecule has 0 bridgehead atoms. The molecule has 0 radical (unpaired) electrons. The lowest BCUT2D eigenvalue weighted by Crippen LogP contribution is -2.09. The first-order valence-electron chi connectivity index (χ1n) is 7.17. The maximum absolute atomic E-state index is 6.00. The molecular formula is C17H19Cl2NO2. The molecule has 0 aliphatic carbocycles. The van der Waals surface area contributed by atoms with Gasteiger partial charge >= 0.3 is 0 Å². The summed E-state index contributed by atoms with van der Waals surface area (Å²) in [6.45, 7) is 4.41. The zero-order valence-corrected chi connectivity index (χ0v) is 14.0. The van der Waals surface area contributed by atoms with Crippen molar-refractivity contribution in [3.05, 3.63) is 58.1 Å². The molecule has 2 aromatic carbocycles. The van der Waals surface area contributed by atoms with Gasteiger partial charge in [-0.2, -0.15) is 0 Å². The van der Waals surface area contributed by atoms with E-state index in [2.05, 4.69) is 5.32 Å². The minimum Gasteiger partial charge on any atom is -0.491 e. The summed E-state index contributed by atoms with van der Waals surface area (Å²) in [5.74, 6) is 0.850. The van der Waals surface area contributed by atoms with Gasteiger partial charge in [0.05, 0.1) is 6.61 Å². The molecule has 1 N–H and O–H groups in total. The van der Waals surface area contributed by atoms with Crippen LogP contribution in [0.25, 0.3) is 0 Å². The van der Waals surface area contributed by atoms with E-state index in [1.54, 1.807) is 6.07 Å². The standard InChI is InChI=1S/C17H19Cl2NO2/c1-2-21-7-8-22-17-6-4-3-5-13(17)12-20-16-10-14(18)9-15(19)11-16/h3-6,9-11,20H,2,7-8,12H2,1H3. The summed E-state index contributed by atoms with van der Waals surface area (Å²) in [7, 11) is 0. The van der Waals surface area contributed by atoms with Gasteiger partial charge < -0.3 is 14.8 Å². The molecule has 3 nitrogen and oxygen atoms in total. The smallest absolute Gasteiger partial charge is 0.124 e. The number of benzene rings is 2. The van der Waals surface area contributed by atoms with Crippen LogP contribution in [0.15, 0.2) is 42.5 Å². The van der Waals surface area contributed by atoms with Crippen LogP contribution in [0.2, 0.25) is 10.0 Å². The maximum atomic E-state index is 6.00. The first kappa shape index (κ1) is 16.9. The van der Waals surface area contributed by atoms with Crippen LogP contribution in [0.5, 0.6) is 5.75 Å². The summed E-state index contributed by atoms with van der Waals surface area (Å²) in [6, 6.07) is 13.3. The fourth-order valence-corrected chi connectivity index (χ4v) is 2.52. The number of nitrogens with one attached hydrogen (secondary N) is 1. The van der Waals surface area contributed by atoms with Crippen molar-refractivity contribution >= 4 is 28.9 Å². The number of rotatable bonds is 8. The van der Waals surface area contributed by atoms with Gasteiger partial charge in [0.2, 0.25) is 0 Å². The second kappa shape index (κ2) is 8.89. The van der Waals surface area contributed by atoms with Gasteiger partial charge in [0.15, 0.2) is 0 Å². The van der Waals surface area contributed by atoms with Crippen LogP contribution in [-0.2, 0) is 11.3 Å². The van der Waals surface area contributed by atoms with Crippen LogP contribution in [0.1, 0.15) is 12.5 Å². The molecule has 0 aliphatic rings. The Balaban J connectivity index is 1.97. The molecule has 0 fully saturated rings. The van der Waals surface area contributed by atoms with Gasteiger partial charge in [0, 0.05) is 34.4 Å². The third kappa shape index (κ3) is 5.41. The molecule has 0 saturated carbocycles. The molecule has 2 rings (SSSR count). The molecule has 0 aliphatic heterocycles. The van der Waals surface area contributed by atoms with Crippen molar-refractivity contribution in [1.82, 2.24) is 0 Å². The number of halogens is 2. The fraction of sp³-hybridized carbons (Fsp3) is 0.294. The largest absolute Gasteiger partial charge is 0.491 e. The van der Waals surface area contributed by atoms with E-state index in [9.17, 15) is 0 Å². The SMILES string of the molecule is CCOCCOc1ccccc1CNc1cc(Cl)cc(Cl)c1. The van der Waals surface area contributed by atoms with Crippen molar-refractivity contribution < 1.29 is 9.47 Å². The third-order valence-electron chi connectivity index (χ3n) is 3.01. The molecule has 0 amide bonds. The second-order valence-corrected chi connectivity index (χ2v) is 5.54. The first-order chi connectivity index (χ1) is 10.7. The summed E-state index contributed by atoms with van der Waals surface area (Å²) in [4.78, 5) is 0. The summed E-state index contributed by atoms with van der Waals surface area (Å²) < 4.78 is 11.0. The average molecular weight is 340 g/mol. The van der Waals surface area contributed by atoms with Crippen LogP contribution in [0.3, 0.4) is 0 Å². The van der Waals surface area contributed by atoms with E-state index in [4.69, 9.17) is 32.7 Å². The van der Waals surface area contributed by atoms with Gasteiger partial charge in [0.1, 0.15) is 12.4 Å². The van der Waals surface area contributed by atoms with E-state index < -0.39 is 0 Å². The normalized spacial score (nSPS) is 10.5. The number of anilines is 1. The average Bonchev–Trinajstić information content (AvgIpc) is 2.49. The fourth-order valence-electron chi connectivity index (χ4n) is 2.00. The lowest BCUT2D eigenvalue weighted by Gasteiger charge is -2.13. The Labute approximate surface area is 141 Å². The molecular weight excluding hydrogens is 321 g/mol. The van der Waals surface area contributed by atoms with Gasteiger partial charge in [-0.1, -0.05) is 41.4 Å². The van der Waals surface area contributed by atoms with Gasteiger partial charge in [-0.25, -0.2) is 0 Å². The lowest BCUT2D eigenvalue weighted by atomic mass is 10.2. The molecule has 0 heterocycles. The Morgan fingerprint density at radius 1 is 1.00 bits per heavy atom. The maximum Gasteiger partial charge on any atom is 0.124 e. The Morgan fingerprint density at radius 3 is 2.45 bits per heavy atom. The Hall–Kier alpha value is -1.42. The van der Waals surface area contributed by atoms with E-state index in [-0.39, 0.29) is 0 Å². The van der Waals surface area contributed by atoms with Crippen molar-refractivity contribution in [2.45, 2.75) is 13.5 Å². The highest BCUT2D eigenvalue weighted by Gasteiger charge is 2.04. The molecule has 0 aromatic heterocycles. The predicted octanol–water partition coefficient (Wildman–Crippen LogP) is 5.02. The molecule has 0 spiro atoms.